The third kappa shape index (κ3) is 3.16. The predicted molar refractivity (Wildman–Crippen MR) is 140 cm³/mol. The van der Waals surface area contributed by atoms with Gasteiger partial charge in [-0.3, -0.25) is 0 Å². The van der Waals surface area contributed by atoms with Crippen molar-refractivity contribution in [2.24, 2.45) is 0 Å². The van der Waals surface area contributed by atoms with Crippen molar-refractivity contribution in [1.29, 1.82) is 0 Å². The number of benzene rings is 5. The van der Waals surface area contributed by atoms with Crippen LogP contribution in [0.1, 0.15) is 33.4 Å². The fourth-order valence-electron chi connectivity index (χ4n) is 5.58. The van der Waals surface area contributed by atoms with Gasteiger partial charge in [0.15, 0.2) is 0 Å². The molecule has 0 saturated carbocycles. The lowest BCUT2D eigenvalue weighted by Crippen LogP contribution is -2.28. The summed E-state index contributed by atoms with van der Waals surface area (Å²) in [5.74, 6) is 0.889. The molecule has 0 saturated heterocycles. The lowest BCUT2D eigenvalue weighted by Gasteiger charge is -2.34. The fraction of sp³-hybridized carbons (Fsp3) is 0.0909. The summed E-state index contributed by atoms with van der Waals surface area (Å²) < 4.78 is 5.34. The third-order valence-corrected chi connectivity index (χ3v) is 7.09. The van der Waals surface area contributed by atoms with E-state index in [1.165, 1.54) is 44.5 Å². The summed E-state index contributed by atoms with van der Waals surface area (Å²) in [5, 5.41) is 0. The third-order valence-electron chi connectivity index (χ3n) is 7.09. The van der Waals surface area contributed by atoms with Crippen molar-refractivity contribution in [2.75, 3.05) is 7.11 Å². The Morgan fingerprint density at radius 1 is 0.529 bits per heavy atom. The van der Waals surface area contributed by atoms with E-state index in [2.05, 4.69) is 115 Å². The van der Waals surface area contributed by atoms with Gasteiger partial charge in [-0.1, -0.05) is 115 Å². The van der Waals surface area contributed by atoms with Crippen LogP contribution in [0.3, 0.4) is 0 Å². The van der Waals surface area contributed by atoms with E-state index >= 15 is 0 Å². The average molecular weight is 439 g/mol. The van der Waals surface area contributed by atoms with Crippen LogP contribution in [0, 0.1) is 0 Å². The fourth-order valence-corrected chi connectivity index (χ4v) is 5.58. The highest BCUT2D eigenvalue weighted by atomic mass is 16.5. The summed E-state index contributed by atoms with van der Waals surface area (Å²) in [6.45, 7) is 0. The minimum Gasteiger partial charge on any atom is -0.497 e. The molecule has 0 radical (unpaired) electrons. The van der Waals surface area contributed by atoms with Gasteiger partial charge < -0.3 is 4.74 Å². The van der Waals surface area contributed by atoms with Crippen molar-refractivity contribution >= 4 is 0 Å². The Hall–Kier alpha value is -4.10. The van der Waals surface area contributed by atoms with Crippen molar-refractivity contribution in [2.45, 2.75) is 11.8 Å². The number of hydrogen-bond donors (Lipinski definition) is 0. The van der Waals surface area contributed by atoms with Crippen molar-refractivity contribution in [3.63, 3.8) is 0 Å². The molecular formula is C33H26O. The second-order valence-electron chi connectivity index (χ2n) is 8.93. The van der Waals surface area contributed by atoms with Crippen LogP contribution >= 0.6 is 0 Å². The summed E-state index contributed by atoms with van der Waals surface area (Å²) in [7, 11) is 1.71. The zero-order chi connectivity index (χ0) is 23.0. The van der Waals surface area contributed by atoms with E-state index in [4.69, 9.17) is 4.74 Å². The van der Waals surface area contributed by atoms with Crippen molar-refractivity contribution in [3.05, 3.63) is 161 Å². The van der Waals surface area contributed by atoms with Gasteiger partial charge in [-0.2, -0.15) is 0 Å². The van der Waals surface area contributed by atoms with Gasteiger partial charge in [-0.25, -0.2) is 0 Å². The highest BCUT2D eigenvalue weighted by molar-refractivity contribution is 5.86. The molecule has 1 heteroatoms. The van der Waals surface area contributed by atoms with E-state index in [9.17, 15) is 0 Å². The molecule has 0 fully saturated rings. The van der Waals surface area contributed by atoms with Crippen LogP contribution in [-0.2, 0) is 11.8 Å². The summed E-state index contributed by atoms with van der Waals surface area (Å²) in [6.07, 6.45) is 0.882. The summed E-state index contributed by atoms with van der Waals surface area (Å²) in [4.78, 5) is 0. The highest BCUT2D eigenvalue weighted by Gasteiger charge is 2.45. The maximum Gasteiger partial charge on any atom is 0.118 e. The average Bonchev–Trinajstić information content (AvgIpc) is 3.21. The molecular weight excluding hydrogens is 412 g/mol. The van der Waals surface area contributed by atoms with Gasteiger partial charge in [0.05, 0.1) is 12.5 Å². The van der Waals surface area contributed by atoms with Gasteiger partial charge in [0.25, 0.3) is 0 Å². The van der Waals surface area contributed by atoms with Crippen LogP contribution in [0.25, 0.3) is 11.1 Å². The van der Waals surface area contributed by atoms with Gasteiger partial charge in [0.2, 0.25) is 0 Å². The van der Waals surface area contributed by atoms with E-state index in [0.717, 1.165) is 12.2 Å². The van der Waals surface area contributed by atoms with E-state index in [-0.39, 0.29) is 5.41 Å². The second kappa shape index (κ2) is 8.35. The summed E-state index contributed by atoms with van der Waals surface area (Å²) >= 11 is 0. The molecule has 1 aliphatic rings. The summed E-state index contributed by atoms with van der Waals surface area (Å²) in [6, 6.07) is 46.2. The van der Waals surface area contributed by atoms with Crippen LogP contribution in [0.4, 0.5) is 0 Å². The normalized spacial score (nSPS) is 13.2. The quantitative estimate of drug-likeness (QED) is 0.269. The Morgan fingerprint density at radius 2 is 1.09 bits per heavy atom. The minimum atomic E-state index is -0.343. The van der Waals surface area contributed by atoms with Gasteiger partial charge in [-0.15, -0.1) is 0 Å². The maximum absolute atomic E-state index is 5.34. The smallest absolute Gasteiger partial charge is 0.118 e. The van der Waals surface area contributed by atoms with Crippen molar-refractivity contribution < 1.29 is 4.74 Å². The molecule has 0 unspecified atom stereocenters. The van der Waals surface area contributed by atoms with Crippen LogP contribution in [0.15, 0.2) is 127 Å². The monoisotopic (exact) mass is 438 g/mol. The molecule has 5 aromatic carbocycles. The molecule has 1 aliphatic carbocycles. The second-order valence-corrected chi connectivity index (χ2v) is 8.93. The Bertz CT molecular complexity index is 1390. The first-order valence-electron chi connectivity index (χ1n) is 11.8. The Balaban J connectivity index is 1.59. The molecule has 0 amide bonds. The zero-order valence-electron chi connectivity index (χ0n) is 19.2. The van der Waals surface area contributed by atoms with Crippen LogP contribution in [0.5, 0.6) is 5.75 Å². The molecule has 6 rings (SSSR count). The van der Waals surface area contributed by atoms with Gasteiger partial charge in [0.1, 0.15) is 5.75 Å². The molecule has 0 spiro atoms. The van der Waals surface area contributed by atoms with Gasteiger partial charge >= 0.3 is 0 Å². The lowest BCUT2D eigenvalue weighted by atomic mass is 9.67. The standard InChI is InChI=1S/C33H26O/c1-34-28-19-16-24(17-20-28)22-25-18-21-30-29-14-8-9-15-31(29)33(32(30)23-25,26-10-4-2-5-11-26)27-12-6-3-7-13-27/h2-21,23H,22H2,1H3. The first kappa shape index (κ1) is 20.5. The lowest BCUT2D eigenvalue weighted by molar-refractivity contribution is 0.414. The highest BCUT2D eigenvalue weighted by Crippen LogP contribution is 2.56. The predicted octanol–water partition coefficient (Wildman–Crippen LogP) is 7.65. The number of methoxy groups -OCH3 is 1. The summed E-state index contributed by atoms with van der Waals surface area (Å²) in [5.41, 5.74) is 10.2. The molecule has 34 heavy (non-hydrogen) atoms. The largest absolute Gasteiger partial charge is 0.497 e. The van der Waals surface area contributed by atoms with E-state index in [1.807, 2.05) is 12.1 Å². The van der Waals surface area contributed by atoms with Gasteiger partial charge in [-0.05, 0) is 63.1 Å². The van der Waals surface area contributed by atoms with Crippen LogP contribution < -0.4 is 4.74 Å². The number of ether oxygens (including phenoxy) is 1. The Kier molecular flexibility index (Phi) is 5.04. The molecule has 0 aromatic heterocycles. The van der Waals surface area contributed by atoms with E-state index in [1.54, 1.807) is 7.11 Å². The van der Waals surface area contributed by atoms with Crippen molar-refractivity contribution in [3.8, 4) is 16.9 Å². The first-order chi connectivity index (χ1) is 16.8. The molecule has 5 aromatic rings. The molecule has 0 aliphatic heterocycles. The SMILES string of the molecule is COc1ccc(Cc2ccc3c(c2)C(c2ccccc2)(c2ccccc2)c2ccccc2-3)cc1. The Labute approximate surface area is 201 Å². The maximum atomic E-state index is 5.34. The van der Waals surface area contributed by atoms with Gasteiger partial charge in [0, 0.05) is 0 Å². The van der Waals surface area contributed by atoms with E-state index in [0.29, 0.717) is 0 Å². The Morgan fingerprint density at radius 3 is 1.74 bits per heavy atom. The zero-order valence-corrected chi connectivity index (χ0v) is 19.2. The van der Waals surface area contributed by atoms with Crippen LogP contribution in [0.2, 0.25) is 0 Å². The molecule has 0 heterocycles. The molecule has 164 valence electrons. The molecule has 1 nitrogen and oxygen atoms in total. The number of fused-ring (bicyclic) bond motifs is 3. The number of rotatable bonds is 5. The molecule has 0 atom stereocenters. The molecule has 0 N–H and O–H groups in total. The molecule has 0 bridgehead atoms. The van der Waals surface area contributed by atoms with Crippen molar-refractivity contribution in [1.82, 2.24) is 0 Å². The topological polar surface area (TPSA) is 9.23 Å². The van der Waals surface area contributed by atoms with E-state index < -0.39 is 0 Å². The number of hydrogen-bond acceptors (Lipinski definition) is 1. The minimum absolute atomic E-state index is 0.343. The van der Waals surface area contributed by atoms with Crippen LogP contribution in [-0.4, -0.2) is 7.11 Å². The first-order valence-corrected chi connectivity index (χ1v) is 11.8.